The van der Waals surface area contributed by atoms with Gasteiger partial charge < -0.3 is 5.32 Å². The molecule has 5 heteroatoms. The monoisotopic (exact) mass is 345 g/mol. The molecule has 0 aliphatic heterocycles. The van der Waals surface area contributed by atoms with Crippen molar-refractivity contribution in [2.45, 2.75) is 13.0 Å². The number of halogens is 2. The molecule has 3 aromatic rings. The molecule has 1 atom stereocenters. The first-order valence-electron chi connectivity index (χ1n) is 6.56. The minimum atomic E-state index is -0.240. The summed E-state index contributed by atoms with van der Waals surface area (Å²) in [4.78, 5) is 8.89. The molecule has 1 unspecified atom stereocenters. The molecule has 0 radical (unpaired) electrons. The molecule has 0 aliphatic rings. The van der Waals surface area contributed by atoms with Crippen LogP contribution in [0.3, 0.4) is 0 Å². The van der Waals surface area contributed by atoms with E-state index in [-0.39, 0.29) is 11.9 Å². The molecule has 0 fully saturated rings. The van der Waals surface area contributed by atoms with Crippen LogP contribution in [0.25, 0.3) is 11.0 Å². The van der Waals surface area contributed by atoms with Gasteiger partial charge >= 0.3 is 0 Å². The van der Waals surface area contributed by atoms with Gasteiger partial charge in [0.15, 0.2) is 0 Å². The number of anilines is 1. The molecule has 3 nitrogen and oxygen atoms in total. The van der Waals surface area contributed by atoms with Gasteiger partial charge in [0.1, 0.15) is 11.6 Å². The largest absolute Gasteiger partial charge is 0.362 e. The van der Waals surface area contributed by atoms with Crippen molar-refractivity contribution in [3.8, 4) is 0 Å². The minimum absolute atomic E-state index is 0.0529. The third-order valence-electron chi connectivity index (χ3n) is 3.22. The Morgan fingerprint density at radius 1 is 1.14 bits per heavy atom. The van der Waals surface area contributed by atoms with Crippen LogP contribution in [0.15, 0.2) is 53.1 Å². The van der Waals surface area contributed by atoms with Crippen LogP contribution in [0.4, 0.5) is 10.2 Å². The fourth-order valence-corrected chi connectivity index (χ4v) is 2.48. The number of aromatic nitrogens is 2. The lowest BCUT2D eigenvalue weighted by Crippen LogP contribution is -2.08. The van der Waals surface area contributed by atoms with Gasteiger partial charge in [-0.25, -0.2) is 9.37 Å². The van der Waals surface area contributed by atoms with Crippen molar-refractivity contribution in [1.82, 2.24) is 9.97 Å². The second-order valence-corrected chi connectivity index (χ2v) is 5.72. The zero-order valence-corrected chi connectivity index (χ0v) is 12.9. The predicted octanol–water partition coefficient (Wildman–Crippen LogP) is 4.70. The van der Waals surface area contributed by atoms with E-state index in [0.717, 1.165) is 21.1 Å². The van der Waals surface area contributed by atoms with Gasteiger partial charge in [-0.1, -0.05) is 28.1 Å². The summed E-state index contributed by atoms with van der Waals surface area (Å²) in [5.74, 6) is 0.428. The molecule has 106 valence electrons. The highest BCUT2D eigenvalue weighted by atomic mass is 79.9. The van der Waals surface area contributed by atoms with Crippen molar-refractivity contribution in [2.24, 2.45) is 0 Å². The number of rotatable bonds is 3. The van der Waals surface area contributed by atoms with Crippen LogP contribution >= 0.6 is 15.9 Å². The summed E-state index contributed by atoms with van der Waals surface area (Å²) in [6.07, 6.45) is 1.69. The molecular formula is C16H13BrFN3. The van der Waals surface area contributed by atoms with Gasteiger partial charge in [0, 0.05) is 4.47 Å². The maximum absolute atomic E-state index is 13.3. The molecule has 1 aromatic heterocycles. The SMILES string of the molecule is CC(Nc1cnc2cc(Br)ccc2n1)c1cccc(F)c1. The number of nitrogens with zero attached hydrogens (tertiary/aromatic N) is 2. The molecule has 0 aliphatic carbocycles. The summed E-state index contributed by atoms with van der Waals surface area (Å²) in [5, 5.41) is 3.24. The highest BCUT2D eigenvalue weighted by Crippen LogP contribution is 2.21. The van der Waals surface area contributed by atoms with Crippen LogP contribution in [-0.2, 0) is 0 Å². The summed E-state index contributed by atoms with van der Waals surface area (Å²) in [5.41, 5.74) is 2.51. The van der Waals surface area contributed by atoms with Crippen molar-refractivity contribution >= 4 is 32.8 Å². The second kappa shape index (κ2) is 5.77. The zero-order valence-electron chi connectivity index (χ0n) is 11.3. The fourth-order valence-electron chi connectivity index (χ4n) is 2.13. The number of benzene rings is 2. The molecule has 0 bridgehead atoms. The van der Waals surface area contributed by atoms with E-state index >= 15 is 0 Å². The van der Waals surface area contributed by atoms with E-state index in [0.29, 0.717) is 5.82 Å². The van der Waals surface area contributed by atoms with E-state index in [9.17, 15) is 4.39 Å². The van der Waals surface area contributed by atoms with Gasteiger partial charge in [0.05, 0.1) is 23.3 Å². The molecule has 0 saturated heterocycles. The molecule has 21 heavy (non-hydrogen) atoms. The summed E-state index contributed by atoms with van der Waals surface area (Å²) in [6.45, 7) is 1.96. The van der Waals surface area contributed by atoms with Gasteiger partial charge in [-0.3, -0.25) is 4.98 Å². The highest BCUT2D eigenvalue weighted by molar-refractivity contribution is 9.10. The number of hydrogen-bond donors (Lipinski definition) is 1. The first kappa shape index (κ1) is 13.9. The third kappa shape index (κ3) is 3.19. The smallest absolute Gasteiger partial charge is 0.145 e. The minimum Gasteiger partial charge on any atom is -0.362 e. The second-order valence-electron chi connectivity index (χ2n) is 4.81. The van der Waals surface area contributed by atoms with Crippen molar-refractivity contribution < 1.29 is 4.39 Å². The lowest BCUT2D eigenvalue weighted by atomic mass is 10.1. The standard InChI is InChI=1S/C16H13BrFN3/c1-10(11-3-2-4-13(18)7-11)20-16-9-19-15-8-12(17)5-6-14(15)21-16/h2-10H,1H3,(H,20,21). The first-order valence-corrected chi connectivity index (χ1v) is 7.35. The average Bonchev–Trinajstić information content (AvgIpc) is 2.47. The summed E-state index contributed by atoms with van der Waals surface area (Å²) in [6, 6.07) is 12.2. The Labute approximate surface area is 130 Å². The summed E-state index contributed by atoms with van der Waals surface area (Å²) < 4.78 is 14.2. The van der Waals surface area contributed by atoms with Crippen molar-refractivity contribution in [3.63, 3.8) is 0 Å². The van der Waals surface area contributed by atoms with Gasteiger partial charge in [-0.05, 0) is 42.8 Å². The maximum atomic E-state index is 13.3. The van der Waals surface area contributed by atoms with Crippen LogP contribution in [0.1, 0.15) is 18.5 Å². The summed E-state index contributed by atoms with van der Waals surface area (Å²) in [7, 11) is 0. The number of fused-ring (bicyclic) bond motifs is 1. The molecule has 0 amide bonds. The highest BCUT2D eigenvalue weighted by Gasteiger charge is 2.08. The van der Waals surface area contributed by atoms with Crippen molar-refractivity contribution in [3.05, 3.63) is 64.5 Å². The molecular weight excluding hydrogens is 333 g/mol. The molecule has 3 rings (SSSR count). The predicted molar refractivity (Wildman–Crippen MR) is 85.7 cm³/mol. The molecule has 1 N–H and O–H groups in total. The van der Waals surface area contributed by atoms with Gasteiger partial charge in [-0.2, -0.15) is 0 Å². The molecule has 1 heterocycles. The zero-order chi connectivity index (χ0) is 14.8. The quantitative estimate of drug-likeness (QED) is 0.747. The Morgan fingerprint density at radius 3 is 2.81 bits per heavy atom. The van der Waals surface area contributed by atoms with Gasteiger partial charge in [0.25, 0.3) is 0 Å². The van der Waals surface area contributed by atoms with E-state index < -0.39 is 0 Å². The lowest BCUT2D eigenvalue weighted by Gasteiger charge is -2.15. The summed E-state index contributed by atoms with van der Waals surface area (Å²) >= 11 is 3.41. The Hall–Kier alpha value is -2.01. The molecule has 2 aromatic carbocycles. The van der Waals surface area contributed by atoms with Crippen LogP contribution in [0.5, 0.6) is 0 Å². The Bertz CT molecular complexity index is 791. The topological polar surface area (TPSA) is 37.8 Å². The number of hydrogen-bond acceptors (Lipinski definition) is 3. The van der Waals surface area contributed by atoms with E-state index in [1.807, 2.05) is 31.2 Å². The fraction of sp³-hybridized carbons (Fsp3) is 0.125. The van der Waals surface area contributed by atoms with Gasteiger partial charge in [0.2, 0.25) is 0 Å². The van der Waals surface area contributed by atoms with E-state index in [2.05, 4.69) is 31.2 Å². The lowest BCUT2D eigenvalue weighted by molar-refractivity contribution is 0.623. The van der Waals surface area contributed by atoms with Crippen LogP contribution in [0.2, 0.25) is 0 Å². The van der Waals surface area contributed by atoms with Crippen molar-refractivity contribution in [1.29, 1.82) is 0 Å². The normalized spacial score (nSPS) is 12.3. The van der Waals surface area contributed by atoms with E-state index in [1.165, 1.54) is 12.1 Å². The van der Waals surface area contributed by atoms with Crippen LogP contribution < -0.4 is 5.32 Å². The Morgan fingerprint density at radius 2 is 2.00 bits per heavy atom. The van der Waals surface area contributed by atoms with Gasteiger partial charge in [-0.15, -0.1) is 0 Å². The Kier molecular flexibility index (Phi) is 3.84. The third-order valence-corrected chi connectivity index (χ3v) is 3.71. The van der Waals surface area contributed by atoms with E-state index in [4.69, 9.17) is 0 Å². The Balaban J connectivity index is 1.86. The molecule has 0 spiro atoms. The molecule has 0 saturated carbocycles. The van der Waals surface area contributed by atoms with E-state index in [1.54, 1.807) is 12.3 Å². The number of nitrogens with one attached hydrogen (secondary N) is 1. The maximum Gasteiger partial charge on any atom is 0.145 e. The first-order chi connectivity index (χ1) is 10.1. The van der Waals surface area contributed by atoms with Crippen LogP contribution in [0, 0.1) is 5.82 Å². The van der Waals surface area contributed by atoms with Crippen LogP contribution in [-0.4, -0.2) is 9.97 Å². The van der Waals surface area contributed by atoms with Crippen molar-refractivity contribution in [2.75, 3.05) is 5.32 Å². The average molecular weight is 346 g/mol.